The van der Waals surface area contributed by atoms with Crippen molar-refractivity contribution in [1.29, 1.82) is 5.41 Å². The third-order valence-electron chi connectivity index (χ3n) is 2.46. The van der Waals surface area contributed by atoms with E-state index in [1.807, 2.05) is 31.0 Å². The van der Waals surface area contributed by atoms with Gasteiger partial charge in [-0.25, -0.2) is 0 Å². The number of rotatable bonds is 5. The first-order valence-corrected chi connectivity index (χ1v) is 5.11. The van der Waals surface area contributed by atoms with E-state index in [0.717, 1.165) is 5.82 Å². The first kappa shape index (κ1) is 12.3. The van der Waals surface area contributed by atoms with Gasteiger partial charge in [-0.1, -0.05) is 6.07 Å². The molecule has 1 unspecified atom stereocenters. The van der Waals surface area contributed by atoms with Crippen LogP contribution in [0.5, 0.6) is 5.88 Å². The molecule has 1 aromatic heterocycles. The van der Waals surface area contributed by atoms with E-state index in [-0.39, 0.29) is 11.9 Å². The van der Waals surface area contributed by atoms with Crippen LogP contribution < -0.4 is 15.4 Å². The quantitative estimate of drug-likeness (QED) is 0.580. The van der Waals surface area contributed by atoms with Crippen molar-refractivity contribution in [2.24, 2.45) is 5.73 Å². The zero-order valence-electron chi connectivity index (χ0n) is 9.90. The molecule has 0 bridgehead atoms. The van der Waals surface area contributed by atoms with Crippen molar-refractivity contribution in [3.8, 4) is 5.88 Å². The van der Waals surface area contributed by atoms with Crippen molar-refractivity contribution in [2.75, 3.05) is 19.1 Å². The number of hydrogen-bond acceptors (Lipinski definition) is 4. The van der Waals surface area contributed by atoms with Crippen molar-refractivity contribution < 1.29 is 4.74 Å². The van der Waals surface area contributed by atoms with Gasteiger partial charge in [-0.05, 0) is 13.0 Å². The van der Waals surface area contributed by atoms with Gasteiger partial charge in [-0.2, -0.15) is 4.98 Å². The Morgan fingerprint density at radius 1 is 1.62 bits per heavy atom. The second-order valence-electron chi connectivity index (χ2n) is 3.73. The minimum Gasteiger partial charge on any atom is -0.481 e. The molecular weight excluding hydrogens is 204 g/mol. The van der Waals surface area contributed by atoms with Gasteiger partial charge in [0.25, 0.3) is 0 Å². The molecule has 0 aliphatic carbocycles. The van der Waals surface area contributed by atoms with Gasteiger partial charge in [0.1, 0.15) is 5.82 Å². The van der Waals surface area contributed by atoms with Gasteiger partial charge in [0.05, 0.1) is 12.9 Å². The molecule has 0 spiro atoms. The van der Waals surface area contributed by atoms with Crippen LogP contribution in [0.3, 0.4) is 0 Å². The maximum Gasteiger partial charge on any atom is 0.214 e. The largest absolute Gasteiger partial charge is 0.481 e. The first-order valence-electron chi connectivity index (χ1n) is 5.11. The lowest BCUT2D eigenvalue weighted by Gasteiger charge is -2.25. The van der Waals surface area contributed by atoms with Crippen LogP contribution in [-0.4, -0.2) is 31.0 Å². The average Bonchev–Trinajstić information content (AvgIpc) is 2.27. The topological polar surface area (TPSA) is 75.2 Å². The van der Waals surface area contributed by atoms with E-state index >= 15 is 0 Å². The van der Waals surface area contributed by atoms with Crippen molar-refractivity contribution in [1.82, 2.24) is 4.98 Å². The number of ether oxygens (including phenoxy) is 1. The zero-order valence-corrected chi connectivity index (χ0v) is 9.90. The minimum absolute atomic E-state index is 0.136. The molecule has 1 aromatic rings. The summed E-state index contributed by atoms with van der Waals surface area (Å²) in [5, 5.41) is 7.26. The molecule has 1 heterocycles. The monoisotopic (exact) mass is 222 g/mol. The highest BCUT2D eigenvalue weighted by atomic mass is 16.5. The molecule has 5 nitrogen and oxygen atoms in total. The SMILES string of the molecule is COc1cccc(N(C)C(C)CC(=N)N)n1. The van der Waals surface area contributed by atoms with Crippen LogP contribution in [0.2, 0.25) is 0 Å². The Balaban J connectivity index is 2.78. The smallest absolute Gasteiger partial charge is 0.214 e. The van der Waals surface area contributed by atoms with Crippen LogP contribution >= 0.6 is 0 Å². The molecular formula is C11H18N4O. The molecule has 3 N–H and O–H groups in total. The van der Waals surface area contributed by atoms with Crippen molar-refractivity contribution in [3.05, 3.63) is 18.2 Å². The maximum atomic E-state index is 7.26. The summed E-state index contributed by atoms with van der Waals surface area (Å²) in [5.74, 6) is 1.58. The number of amidine groups is 1. The number of nitrogens with zero attached hydrogens (tertiary/aromatic N) is 2. The highest BCUT2D eigenvalue weighted by Gasteiger charge is 2.12. The van der Waals surface area contributed by atoms with Gasteiger partial charge >= 0.3 is 0 Å². The highest BCUT2D eigenvalue weighted by Crippen LogP contribution is 2.17. The zero-order chi connectivity index (χ0) is 12.1. The molecule has 1 rings (SSSR count). The summed E-state index contributed by atoms with van der Waals surface area (Å²) < 4.78 is 5.06. The van der Waals surface area contributed by atoms with Gasteiger partial charge in [-0.3, -0.25) is 5.41 Å². The molecule has 0 fully saturated rings. The number of aromatic nitrogens is 1. The Morgan fingerprint density at radius 2 is 2.31 bits per heavy atom. The van der Waals surface area contributed by atoms with Crippen LogP contribution in [0.4, 0.5) is 5.82 Å². The number of pyridine rings is 1. The van der Waals surface area contributed by atoms with Crippen molar-refractivity contribution >= 4 is 11.7 Å². The fourth-order valence-electron chi connectivity index (χ4n) is 1.40. The number of nitrogens with two attached hydrogens (primary N) is 1. The van der Waals surface area contributed by atoms with Gasteiger partial charge in [0.2, 0.25) is 5.88 Å². The van der Waals surface area contributed by atoms with E-state index in [9.17, 15) is 0 Å². The molecule has 1 atom stereocenters. The number of methoxy groups -OCH3 is 1. The summed E-state index contributed by atoms with van der Waals surface area (Å²) in [7, 11) is 3.51. The molecule has 88 valence electrons. The van der Waals surface area contributed by atoms with Crippen LogP contribution in [0.25, 0.3) is 0 Å². The first-order chi connectivity index (χ1) is 7.54. The summed E-state index contributed by atoms with van der Waals surface area (Å²) in [6.45, 7) is 2.00. The molecule has 0 amide bonds. The molecule has 0 aliphatic rings. The van der Waals surface area contributed by atoms with Crippen molar-refractivity contribution in [3.63, 3.8) is 0 Å². The van der Waals surface area contributed by atoms with Gasteiger partial charge in [-0.15, -0.1) is 0 Å². The fourth-order valence-corrected chi connectivity index (χ4v) is 1.40. The summed E-state index contributed by atoms with van der Waals surface area (Å²) in [6.07, 6.45) is 0.523. The third-order valence-corrected chi connectivity index (χ3v) is 2.46. The Kier molecular flexibility index (Phi) is 4.10. The lowest BCUT2D eigenvalue weighted by atomic mass is 10.2. The molecule has 5 heteroatoms. The van der Waals surface area contributed by atoms with Gasteiger partial charge in [0.15, 0.2) is 0 Å². The van der Waals surface area contributed by atoms with E-state index in [1.54, 1.807) is 13.2 Å². The fraction of sp³-hybridized carbons (Fsp3) is 0.455. The Bertz CT molecular complexity index is 367. The number of nitrogens with one attached hydrogen (secondary N) is 1. The summed E-state index contributed by atoms with van der Waals surface area (Å²) >= 11 is 0. The molecule has 0 radical (unpaired) electrons. The third kappa shape index (κ3) is 3.12. The summed E-state index contributed by atoms with van der Waals surface area (Å²) in [4.78, 5) is 6.29. The Morgan fingerprint density at radius 3 is 2.88 bits per heavy atom. The second-order valence-corrected chi connectivity index (χ2v) is 3.73. The maximum absolute atomic E-state index is 7.26. The molecule has 0 aromatic carbocycles. The number of hydrogen-bond donors (Lipinski definition) is 2. The van der Waals surface area contributed by atoms with Crippen LogP contribution in [0.15, 0.2) is 18.2 Å². The molecule has 0 aliphatic heterocycles. The minimum atomic E-state index is 0.136. The normalized spacial score (nSPS) is 11.9. The van der Waals surface area contributed by atoms with Crippen molar-refractivity contribution in [2.45, 2.75) is 19.4 Å². The number of anilines is 1. The van der Waals surface area contributed by atoms with E-state index in [2.05, 4.69) is 4.98 Å². The lowest BCUT2D eigenvalue weighted by Crippen LogP contribution is -2.33. The summed E-state index contributed by atoms with van der Waals surface area (Å²) in [6, 6.07) is 5.72. The molecule has 0 saturated carbocycles. The van der Waals surface area contributed by atoms with Crippen LogP contribution in [-0.2, 0) is 0 Å². The standard InChI is InChI=1S/C11H18N4O/c1-8(7-9(12)13)15(2)10-5-4-6-11(14-10)16-3/h4-6,8H,7H2,1-3H3,(H3,12,13). The Hall–Kier alpha value is -1.78. The molecule has 16 heavy (non-hydrogen) atoms. The average molecular weight is 222 g/mol. The van der Waals surface area contributed by atoms with E-state index < -0.39 is 0 Å². The second kappa shape index (κ2) is 5.34. The van der Waals surface area contributed by atoms with Gasteiger partial charge < -0.3 is 15.4 Å². The Labute approximate surface area is 95.7 Å². The highest BCUT2D eigenvalue weighted by molar-refractivity contribution is 5.77. The van der Waals surface area contributed by atoms with E-state index in [4.69, 9.17) is 15.9 Å². The predicted octanol–water partition coefficient (Wildman–Crippen LogP) is 1.24. The van der Waals surface area contributed by atoms with Crippen LogP contribution in [0, 0.1) is 5.41 Å². The summed E-state index contributed by atoms with van der Waals surface area (Å²) in [5.41, 5.74) is 5.38. The van der Waals surface area contributed by atoms with E-state index in [0.29, 0.717) is 12.3 Å². The predicted molar refractivity (Wildman–Crippen MR) is 65.2 cm³/mol. The van der Waals surface area contributed by atoms with Crippen LogP contribution in [0.1, 0.15) is 13.3 Å². The van der Waals surface area contributed by atoms with Gasteiger partial charge in [0, 0.05) is 25.6 Å². The lowest BCUT2D eigenvalue weighted by molar-refractivity contribution is 0.397. The molecule has 0 saturated heterocycles. The van der Waals surface area contributed by atoms with E-state index in [1.165, 1.54) is 0 Å².